The van der Waals surface area contributed by atoms with Gasteiger partial charge in [0.1, 0.15) is 5.82 Å². The van der Waals surface area contributed by atoms with Gasteiger partial charge in [-0.1, -0.05) is 28.1 Å². The Balaban J connectivity index is 2.48. The van der Waals surface area contributed by atoms with Gasteiger partial charge in [-0.25, -0.2) is 4.39 Å². The number of hydrogen-bond donors (Lipinski definition) is 1. The average molecular weight is 420 g/mol. The molecule has 2 rings (SSSR count). The molecule has 0 aliphatic carbocycles. The first-order valence-electron chi connectivity index (χ1n) is 5.49. The Morgan fingerprint density at radius 2 is 2.00 bits per heavy atom. The van der Waals surface area contributed by atoms with Crippen LogP contribution in [0.1, 0.15) is 17.2 Å². The molecule has 4 heteroatoms. The van der Waals surface area contributed by atoms with Crippen LogP contribution >= 0.6 is 38.5 Å². The zero-order valence-electron chi connectivity index (χ0n) is 9.75. The fourth-order valence-corrected chi connectivity index (χ4v) is 2.87. The maximum Gasteiger partial charge on any atom is 0.128 e. The highest BCUT2D eigenvalue weighted by Crippen LogP contribution is 2.27. The molecule has 2 aromatic carbocycles. The highest BCUT2D eigenvalue weighted by atomic mass is 127. The minimum absolute atomic E-state index is 0.141. The summed E-state index contributed by atoms with van der Waals surface area (Å²) in [6.07, 6.45) is 0. The SMILES string of the molecule is CNC(c1cccc(I)c1)c1cc(Br)ccc1F. The molecule has 1 nitrogen and oxygen atoms in total. The molecule has 0 saturated carbocycles. The van der Waals surface area contributed by atoms with Gasteiger partial charge in [0.05, 0.1) is 6.04 Å². The minimum Gasteiger partial charge on any atom is -0.309 e. The van der Waals surface area contributed by atoms with E-state index >= 15 is 0 Å². The first-order valence-corrected chi connectivity index (χ1v) is 7.36. The largest absolute Gasteiger partial charge is 0.309 e. The van der Waals surface area contributed by atoms with E-state index in [4.69, 9.17) is 0 Å². The van der Waals surface area contributed by atoms with Gasteiger partial charge in [0.2, 0.25) is 0 Å². The van der Waals surface area contributed by atoms with E-state index in [2.05, 4.69) is 49.9 Å². The maximum absolute atomic E-state index is 13.9. The molecule has 94 valence electrons. The summed E-state index contributed by atoms with van der Waals surface area (Å²) in [7, 11) is 1.84. The summed E-state index contributed by atoms with van der Waals surface area (Å²) in [5.41, 5.74) is 1.70. The number of hydrogen-bond acceptors (Lipinski definition) is 1. The van der Waals surface area contributed by atoms with Crippen LogP contribution in [-0.4, -0.2) is 7.05 Å². The van der Waals surface area contributed by atoms with Crippen molar-refractivity contribution in [2.45, 2.75) is 6.04 Å². The van der Waals surface area contributed by atoms with Crippen LogP contribution in [0.4, 0.5) is 4.39 Å². The Morgan fingerprint density at radius 3 is 2.67 bits per heavy atom. The van der Waals surface area contributed by atoms with Crippen molar-refractivity contribution in [2.24, 2.45) is 0 Å². The molecule has 0 spiro atoms. The third kappa shape index (κ3) is 3.10. The zero-order chi connectivity index (χ0) is 13.1. The second kappa shape index (κ2) is 6.12. The second-order valence-corrected chi connectivity index (χ2v) is 6.10. The van der Waals surface area contributed by atoms with E-state index in [1.54, 1.807) is 6.07 Å². The highest BCUT2D eigenvalue weighted by molar-refractivity contribution is 14.1. The van der Waals surface area contributed by atoms with Gasteiger partial charge in [0.15, 0.2) is 0 Å². The maximum atomic E-state index is 13.9. The average Bonchev–Trinajstić information content (AvgIpc) is 2.35. The quantitative estimate of drug-likeness (QED) is 0.722. The lowest BCUT2D eigenvalue weighted by Gasteiger charge is -2.18. The molecule has 0 bridgehead atoms. The summed E-state index contributed by atoms with van der Waals surface area (Å²) >= 11 is 5.64. The monoisotopic (exact) mass is 419 g/mol. The van der Waals surface area contributed by atoms with Crippen LogP contribution in [0.15, 0.2) is 46.9 Å². The first-order chi connectivity index (χ1) is 8.61. The van der Waals surface area contributed by atoms with Crippen molar-refractivity contribution >= 4 is 38.5 Å². The molecular formula is C14H12BrFIN. The van der Waals surface area contributed by atoms with Crippen LogP contribution in [0.5, 0.6) is 0 Å². The Labute approximate surface area is 128 Å². The van der Waals surface area contributed by atoms with Gasteiger partial charge < -0.3 is 5.32 Å². The first kappa shape index (κ1) is 14.0. The van der Waals surface area contributed by atoms with Gasteiger partial charge in [0.25, 0.3) is 0 Å². The lowest BCUT2D eigenvalue weighted by molar-refractivity contribution is 0.575. The lowest BCUT2D eigenvalue weighted by Crippen LogP contribution is -2.19. The van der Waals surface area contributed by atoms with Gasteiger partial charge in [-0.15, -0.1) is 0 Å². The fourth-order valence-electron chi connectivity index (χ4n) is 1.92. The molecule has 2 aromatic rings. The minimum atomic E-state index is -0.198. The molecule has 0 fully saturated rings. The van der Waals surface area contributed by atoms with E-state index in [1.165, 1.54) is 6.07 Å². The molecule has 0 saturated heterocycles. The Morgan fingerprint density at radius 1 is 1.22 bits per heavy atom. The van der Waals surface area contributed by atoms with Gasteiger partial charge in [-0.2, -0.15) is 0 Å². The summed E-state index contributed by atoms with van der Waals surface area (Å²) < 4.78 is 15.9. The molecular weight excluding hydrogens is 408 g/mol. The summed E-state index contributed by atoms with van der Waals surface area (Å²) in [6.45, 7) is 0. The second-order valence-electron chi connectivity index (χ2n) is 3.94. The van der Waals surface area contributed by atoms with Crippen LogP contribution in [0.3, 0.4) is 0 Å². The van der Waals surface area contributed by atoms with Crippen LogP contribution in [-0.2, 0) is 0 Å². The number of rotatable bonds is 3. The van der Waals surface area contributed by atoms with Crippen molar-refractivity contribution in [1.82, 2.24) is 5.32 Å². The predicted molar refractivity (Wildman–Crippen MR) is 84.2 cm³/mol. The number of halogens is 3. The van der Waals surface area contributed by atoms with E-state index in [0.717, 1.165) is 13.6 Å². The highest BCUT2D eigenvalue weighted by Gasteiger charge is 2.16. The van der Waals surface area contributed by atoms with Crippen molar-refractivity contribution < 1.29 is 4.39 Å². The van der Waals surface area contributed by atoms with Crippen molar-refractivity contribution in [1.29, 1.82) is 0 Å². The summed E-state index contributed by atoms with van der Waals surface area (Å²) in [4.78, 5) is 0. The Bertz CT molecular complexity index is 559. The summed E-state index contributed by atoms with van der Waals surface area (Å²) in [6, 6.07) is 12.9. The molecule has 0 aliphatic heterocycles. The molecule has 0 aliphatic rings. The third-order valence-corrected chi connectivity index (χ3v) is 3.90. The molecule has 0 radical (unpaired) electrons. The van der Waals surface area contributed by atoms with E-state index in [-0.39, 0.29) is 11.9 Å². The van der Waals surface area contributed by atoms with E-state index < -0.39 is 0 Å². The van der Waals surface area contributed by atoms with E-state index in [0.29, 0.717) is 5.56 Å². The normalized spacial score (nSPS) is 12.4. The van der Waals surface area contributed by atoms with Crippen molar-refractivity contribution in [2.75, 3.05) is 7.05 Å². The Hall–Kier alpha value is -0.460. The Kier molecular flexibility index (Phi) is 4.75. The molecule has 0 aromatic heterocycles. The topological polar surface area (TPSA) is 12.0 Å². The fraction of sp³-hybridized carbons (Fsp3) is 0.143. The van der Waals surface area contributed by atoms with E-state index in [1.807, 2.05) is 31.3 Å². The molecule has 1 atom stereocenters. The third-order valence-electron chi connectivity index (χ3n) is 2.74. The van der Waals surface area contributed by atoms with Crippen molar-refractivity contribution in [3.05, 3.63) is 67.5 Å². The van der Waals surface area contributed by atoms with Gasteiger partial charge >= 0.3 is 0 Å². The zero-order valence-corrected chi connectivity index (χ0v) is 13.5. The molecule has 0 heterocycles. The van der Waals surface area contributed by atoms with E-state index in [9.17, 15) is 4.39 Å². The standard InChI is InChI=1S/C14H12BrFIN/c1-18-14(9-3-2-4-11(17)7-9)12-8-10(15)5-6-13(12)16/h2-8,14,18H,1H3. The lowest BCUT2D eigenvalue weighted by atomic mass is 9.98. The van der Waals surface area contributed by atoms with Crippen LogP contribution in [0.2, 0.25) is 0 Å². The van der Waals surface area contributed by atoms with Crippen molar-refractivity contribution in [3.8, 4) is 0 Å². The van der Waals surface area contributed by atoms with Gasteiger partial charge in [-0.05, 0) is 65.5 Å². The summed E-state index contributed by atoms with van der Waals surface area (Å²) in [5, 5.41) is 3.17. The molecule has 1 unspecified atom stereocenters. The van der Waals surface area contributed by atoms with Crippen molar-refractivity contribution in [3.63, 3.8) is 0 Å². The molecule has 1 N–H and O–H groups in total. The summed E-state index contributed by atoms with van der Waals surface area (Å²) in [5.74, 6) is -0.198. The number of benzene rings is 2. The van der Waals surface area contributed by atoms with Crippen LogP contribution in [0, 0.1) is 9.39 Å². The predicted octanol–water partition coefficient (Wildman–Crippen LogP) is 4.50. The number of nitrogens with one attached hydrogen (secondary N) is 1. The van der Waals surface area contributed by atoms with Crippen LogP contribution < -0.4 is 5.32 Å². The van der Waals surface area contributed by atoms with Crippen LogP contribution in [0.25, 0.3) is 0 Å². The van der Waals surface area contributed by atoms with Gasteiger partial charge in [0, 0.05) is 13.6 Å². The smallest absolute Gasteiger partial charge is 0.128 e. The molecule has 18 heavy (non-hydrogen) atoms. The molecule has 0 amide bonds. The van der Waals surface area contributed by atoms with Gasteiger partial charge in [-0.3, -0.25) is 0 Å².